The molecular weight excluding hydrogens is 366 g/mol. The van der Waals surface area contributed by atoms with Gasteiger partial charge in [0.25, 0.3) is 11.8 Å². The first-order valence-corrected chi connectivity index (χ1v) is 10.2. The Kier molecular flexibility index (Phi) is 5.43. The van der Waals surface area contributed by atoms with Crippen molar-refractivity contribution in [1.82, 2.24) is 10.2 Å². The SMILES string of the molecule is CCN1c2cc(C(=O)NCc3ccc(OC)cc3)ccc2C(=O)N2CCCC[C@@H]21. The summed E-state index contributed by atoms with van der Waals surface area (Å²) in [7, 11) is 1.63. The Hall–Kier alpha value is -3.02. The van der Waals surface area contributed by atoms with Crippen LogP contribution >= 0.6 is 0 Å². The molecule has 1 N–H and O–H groups in total. The van der Waals surface area contributed by atoms with E-state index in [1.165, 1.54) is 0 Å². The number of piperidine rings is 1. The molecule has 2 heterocycles. The maximum Gasteiger partial charge on any atom is 0.257 e. The lowest BCUT2D eigenvalue weighted by Gasteiger charge is -2.47. The zero-order valence-electron chi connectivity index (χ0n) is 17.0. The van der Waals surface area contributed by atoms with Gasteiger partial charge in [0.15, 0.2) is 0 Å². The highest BCUT2D eigenvalue weighted by molar-refractivity contribution is 6.04. The molecule has 0 aliphatic carbocycles. The predicted molar refractivity (Wildman–Crippen MR) is 112 cm³/mol. The van der Waals surface area contributed by atoms with Crippen molar-refractivity contribution >= 4 is 17.5 Å². The summed E-state index contributed by atoms with van der Waals surface area (Å²) in [5.74, 6) is 0.730. The molecule has 0 spiro atoms. The smallest absolute Gasteiger partial charge is 0.257 e. The number of fused-ring (bicyclic) bond motifs is 2. The minimum atomic E-state index is -0.141. The largest absolute Gasteiger partial charge is 0.497 e. The number of nitrogens with one attached hydrogen (secondary N) is 1. The van der Waals surface area contributed by atoms with Crippen LogP contribution < -0.4 is 15.0 Å². The maximum atomic E-state index is 12.9. The van der Waals surface area contributed by atoms with Gasteiger partial charge in [-0.3, -0.25) is 9.59 Å². The highest BCUT2D eigenvalue weighted by Gasteiger charge is 2.38. The van der Waals surface area contributed by atoms with Crippen molar-refractivity contribution in [3.8, 4) is 5.75 Å². The van der Waals surface area contributed by atoms with Gasteiger partial charge in [-0.25, -0.2) is 0 Å². The van der Waals surface area contributed by atoms with Crippen LogP contribution in [0.25, 0.3) is 0 Å². The first kappa shape index (κ1) is 19.3. The number of carbonyl (C=O) groups excluding carboxylic acids is 2. The van der Waals surface area contributed by atoms with Gasteiger partial charge < -0.3 is 19.9 Å². The number of hydrogen-bond acceptors (Lipinski definition) is 4. The summed E-state index contributed by atoms with van der Waals surface area (Å²) in [6.45, 7) is 4.15. The van der Waals surface area contributed by atoms with Crippen molar-refractivity contribution in [3.63, 3.8) is 0 Å². The van der Waals surface area contributed by atoms with Crippen molar-refractivity contribution in [3.05, 3.63) is 59.2 Å². The van der Waals surface area contributed by atoms with Crippen molar-refractivity contribution in [2.45, 2.75) is 38.9 Å². The Bertz CT molecular complexity index is 910. The molecular formula is C23H27N3O3. The first-order valence-electron chi connectivity index (χ1n) is 10.2. The molecule has 2 aromatic carbocycles. The number of benzene rings is 2. The molecule has 2 aliphatic rings. The number of amides is 2. The van der Waals surface area contributed by atoms with E-state index in [1.54, 1.807) is 19.2 Å². The van der Waals surface area contributed by atoms with Crippen molar-refractivity contribution < 1.29 is 14.3 Å². The second kappa shape index (κ2) is 8.15. The van der Waals surface area contributed by atoms with Gasteiger partial charge >= 0.3 is 0 Å². The highest BCUT2D eigenvalue weighted by Crippen LogP contribution is 2.35. The Labute approximate surface area is 171 Å². The average molecular weight is 393 g/mol. The lowest BCUT2D eigenvalue weighted by Crippen LogP contribution is -2.57. The lowest BCUT2D eigenvalue weighted by atomic mass is 9.97. The molecule has 0 aromatic heterocycles. The van der Waals surface area contributed by atoms with E-state index >= 15 is 0 Å². The van der Waals surface area contributed by atoms with Crippen LogP contribution in [0, 0.1) is 0 Å². The van der Waals surface area contributed by atoms with Crippen molar-refractivity contribution in [2.24, 2.45) is 0 Å². The molecule has 2 aromatic rings. The van der Waals surface area contributed by atoms with Crippen LogP contribution in [0.1, 0.15) is 52.5 Å². The minimum absolute atomic E-state index is 0.0830. The second-order valence-corrected chi connectivity index (χ2v) is 7.52. The molecule has 0 saturated carbocycles. The van der Waals surface area contributed by atoms with Gasteiger partial charge in [0.2, 0.25) is 0 Å². The molecule has 1 fully saturated rings. The third-order valence-corrected chi connectivity index (χ3v) is 5.84. The van der Waals surface area contributed by atoms with Crippen LogP contribution in [0.3, 0.4) is 0 Å². The number of hydrogen-bond donors (Lipinski definition) is 1. The fourth-order valence-corrected chi connectivity index (χ4v) is 4.29. The quantitative estimate of drug-likeness (QED) is 0.846. The lowest BCUT2D eigenvalue weighted by molar-refractivity contribution is 0.0582. The predicted octanol–water partition coefficient (Wildman–Crippen LogP) is 3.42. The summed E-state index contributed by atoms with van der Waals surface area (Å²) in [6, 6.07) is 13.0. The highest BCUT2D eigenvalue weighted by atomic mass is 16.5. The van der Waals surface area contributed by atoms with Crippen molar-refractivity contribution in [1.29, 1.82) is 0 Å². The van der Waals surface area contributed by atoms with Crippen LogP contribution in [-0.4, -0.2) is 43.1 Å². The molecule has 2 amide bonds. The van der Waals surface area contributed by atoms with E-state index in [4.69, 9.17) is 4.74 Å². The van der Waals surface area contributed by atoms with E-state index in [9.17, 15) is 9.59 Å². The van der Waals surface area contributed by atoms with Gasteiger partial charge in [-0.1, -0.05) is 12.1 Å². The van der Waals surface area contributed by atoms with E-state index in [0.29, 0.717) is 17.7 Å². The fourth-order valence-electron chi connectivity index (χ4n) is 4.29. The molecule has 0 bridgehead atoms. The van der Waals surface area contributed by atoms with Crippen molar-refractivity contribution in [2.75, 3.05) is 25.1 Å². The van der Waals surface area contributed by atoms with Gasteiger partial charge in [-0.2, -0.15) is 0 Å². The minimum Gasteiger partial charge on any atom is -0.497 e. The van der Waals surface area contributed by atoms with E-state index in [1.807, 2.05) is 35.2 Å². The van der Waals surface area contributed by atoms with E-state index in [2.05, 4.69) is 17.1 Å². The Morgan fingerprint density at radius 2 is 1.97 bits per heavy atom. The Balaban J connectivity index is 1.53. The zero-order chi connectivity index (χ0) is 20.4. The van der Waals surface area contributed by atoms with E-state index < -0.39 is 0 Å². The number of nitrogens with zero attached hydrogens (tertiary/aromatic N) is 2. The Morgan fingerprint density at radius 3 is 2.69 bits per heavy atom. The van der Waals surface area contributed by atoms with Gasteiger partial charge in [-0.15, -0.1) is 0 Å². The van der Waals surface area contributed by atoms with Gasteiger partial charge in [0, 0.05) is 25.2 Å². The van der Waals surface area contributed by atoms with E-state index in [0.717, 1.165) is 49.4 Å². The molecule has 29 heavy (non-hydrogen) atoms. The number of ether oxygens (including phenoxy) is 1. The second-order valence-electron chi connectivity index (χ2n) is 7.52. The van der Waals surface area contributed by atoms with Gasteiger partial charge in [-0.05, 0) is 62.1 Å². The molecule has 0 unspecified atom stereocenters. The summed E-state index contributed by atoms with van der Waals surface area (Å²) in [6.07, 6.45) is 3.27. The van der Waals surface area contributed by atoms with Crippen LogP contribution in [-0.2, 0) is 6.54 Å². The molecule has 6 heteroatoms. The number of anilines is 1. The standard InChI is InChI=1S/C23H27N3O3/c1-3-25-20-14-17(22(27)24-15-16-7-10-18(29-2)11-8-16)9-12-19(20)23(28)26-13-5-4-6-21(25)26/h7-12,14,21H,3-6,13,15H2,1-2H3,(H,24,27)/t21-/m1/s1. The third kappa shape index (κ3) is 3.67. The average Bonchev–Trinajstić information content (AvgIpc) is 2.78. The summed E-state index contributed by atoms with van der Waals surface area (Å²) in [5, 5.41) is 2.97. The monoisotopic (exact) mass is 393 g/mol. The van der Waals surface area contributed by atoms with Gasteiger partial charge in [0.05, 0.1) is 18.4 Å². The molecule has 152 valence electrons. The van der Waals surface area contributed by atoms with Crippen LogP contribution in [0.4, 0.5) is 5.69 Å². The Morgan fingerprint density at radius 1 is 1.17 bits per heavy atom. The number of carbonyl (C=O) groups is 2. The van der Waals surface area contributed by atoms with E-state index in [-0.39, 0.29) is 18.0 Å². The summed E-state index contributed by atoms with van der Waals surface area (Å²) in [4.78, 5) is 29.9. The number of rotatable bonds is 5. The normalized spacial score (nSPS) is 18.1. The summed E-state index contributed by atoms with van der Waals surface area (Å²) >= 11 is 0. The molecule has 1 saturated heterocycles. The van der Waals surface area contributed by atoms with Crippen LogP contribution in [0.5, 0.6) is 5.75 Å². The molecule has 4 rings (SSSR count). The number of methoxy groups -OCH3 is 1. The zero-order valence-corrected chi connectivity index (χ0v) is 17.0. The topological polar surface area (TPSA) is 61.9 Å². The fraction of sp³-hybridized carbons (Fsp3) is 0.391. The van der Waals surface area contributed by atoms with Gasteiger partial charge in [0.1, 0.15) is 11.9 Å². The molecule has 0 radical (unpaired) electrons. The summed E-state index contributed by atoms with van der Waals surface area (Å²) < 4.78 is 5.16. The third-order valence-electron chi connectivity index (χ3n) is 5.84. The molecule has 2 aliphatic heterocycles. The molecule has 1 atom stereocenters. The first-order chi connectivity index (χ1) is 14.1. The maximum absolute atomic E-state index is 12.9. The van der Waals surface area contributed by atoms with Crippen LogP contribution in [0.15, 0.2) is 42.5 Å². The van der Waals surface area contributed by atoms with Crippen LogP contribution in [0.2, 0.25) is 0 Å². The molecule has 6 nitrogen and oxygen atoms in total. The summed E-state index contributed by atoms with van der Waals surface area (Å²) in [5.41, 5.74) is 3.14.